The quantitative estimate of drug-likeness (QED) is 0.219. The van der Waals surface area contributed by atoms with Crippen molar-refractivity contribution < 1.29 is 28.1 Å². The number of amides is 1. The summed E-state index contributed by atoms with van der Waals surface area (Å²) in [6, 6.07) is 5.00. The van der Waals surface area contributed by atoms with E-state index in [1.165, 1.54) is 12.1 Å². The molecule has 0 aromatic heterocycles. The summed E-state index contributed by atoms with van der Waals surface area (Å²) >= 11 is 0. The maximum absolute atomic E-state index is 14.3. The van der Waals surface area contributed by atoms with Crippen LogP contribution in [0.15, 0.2) is 30.9 Å². The van der Waals surface area contributed by atoms with E-state index in [9.17, 15) is 9.18 Å². The topological polar surface area (TPSA) is 81.3 Å². The number of hydrogen-bond acceptors (Lipinski definition) is 7. The second-order valence-corrected chi connectivity index (χ2v) is 9.22. The molecular formula is C27H44FN3O5. The zero-order chi connectivity index (χ0) is 26.0. The average Bonchev–Trinajstić information content (AvgIpc) is 2.87. The third kappa shape index (κ3) is 12.8. The number of nitrogens with one attached hydrogen (secondary N) is 2. The van der Waals surface area contributed by atoms with E-state index in [4.69, 9.17) is 18.9 Å². The van der Waals surface area contributed by atoms with Crippen LogP contribution < -0.4 is 15.4 Å². The Kier molecular flexibility index (Phi) is 15.3. The molecule has 1 saturated heterocycles. The van der Waals surface area contributed by atoms with Crippen molar-refractivity contribution >= 4 is 5.91 Å². The molecule has 0 radical (unpaired) electrons. The van der Waals surface area contributed by atoms with E-state index in [0.717, 1.165) is 51.0 Å². The molecule has 36 heavy (non-hydrogen) atoms. The monoisotopic (exact) mass is 509 g/mol. The highest BCUT2D eigenvalue weighted by Crippen LogP contribution is 2.28. The molecule has 8 nitrogen and oxygen atoms in total. The van der Waals surface area contributed by atoms with Gasteiger partial charge in [-0.05, 0) is 74.5 Å². The number of halogens is 1. The van der Waals surface area contributed by atoms with E-state index in [1.54, 1.807) is 13.2 Å². The van der Waals surface area contributed by atoms with Crippen molar-refractivity contribution in [2.75, 3.05) is 86.5 Å². The molecule has 2 N–H and O–H groups in total. The molecule has 1 aromatic rings. The van der Waals surface area contributed by atoms with Gasteiger partial charge in [0.25, 0.3) is 0 Å². The van der Waals surface area contributed by atoms with Gasteiger partial charge >= 0.3 is 0 Å². The van der Waals surface area contributed by atoms with Gasteiger partial charge in [-0.2, -0.15) is 0 Å². The van der Waals surface area contributed by atoms with Crippen molar-refractivity contribution in [3.8, 4) is 5.75 Å². The highest BCUT2D eigenvalue weighted by atomic mass is 19.1. The lowest BCUT2D eigenvalue weighted by molar-refractivity contribution is -0.116. The Morgan fingerprint density at radius 2 is 1.72 bits per heavy atom. The number of nitrogens with zero attached hydrogens (tertiary/aromatic N) is 1. The molecule has 1 aromatic carbocycles. The zero-order valence-electron chi connectivity index (χ0n) is 21.9. The standard InChI is InChI=1S/C27H44FN3O5/c1-4-27(32)30-10-12-35-14-16-36-15-13-34-11-9-29-8-7-22-17-23(21-31(2)20-22)18-24-19-25(33-3)5-6-26(24)28/h4-6,19,22-23,29H,1,7-18,20-21H2,2-3H3,(H,30,32)/t22-,23-/m1/s1. The lowest BCUT2D eigenvalue weighted by atomic mass is 9.83. The first-order valence-electron chi connectivity index (χ1n) is 12.9. The van der Waals surface area contributed by atoms with Gasteiger partial charge < -0.3 is 34.5 Å². The van der Waals surface area contributed by atoms with Crippen LogP contribution in [-0.2, 0) is 25.4 Å². The van der Waals surface area contributed by atoms with E-state index >= 15 is 0 Å². The van der Waals surface area contributed by atoms with Crippen molar-refractivity contribution in [2.24, 2.45) is 11.8 Å². The Morgan fingerprint density at radius 1 is 1.06 bits per heavy atom. The number of piperidine rings is 1. The predicted molar refractivity (Wildman–Crippen MR) is 139 cm³/mol. The van der Waals surface area contributed by atoms with Crippen LogP contribution in [0.5, 0.6) is 5.75 Å². The first-order valence-corrected chi connectivity index (χ1v) is 12.9. The Morgan fingerprint density at radius 3 is 2.42 bits per heavy atom. The summed E-state index contributed by atoms with van der Waals surface area (Å²) in [4.78, 5) is 13.3. The summed E-state index contributed by atoms with van der Waals surface area (Å²) in [6.45, 7) is 10.8. The molecule has 0 aliphatic carbocycles. The number of methoxy groups -OCH3 is 1. The number of carbonyl (C=O) groups excluding carboxylic acids is 1. The summed E-state index contributed by atoms with van der Waals surface area (Å²) in [5.74, 6) is 1.41. The number of rotatable bonds is 19. The van der Waals surface area contributed by atoms with Crippen molar-refractivity contribution in [2.45, 2.75) is 19.3 Å². The highest BCUT2D eigenvalue weighted by Gasteiger charge is 2.26. The van der Waals surface area contributed by atoms with Crippen LogP contribution in [0, 0.1) is 17.7 Å². The van der Waals surface area contributed by atoms with E-state index in [-0.39, 0.29) is 11.7 Å². The minimum atomic E-state index is -0.199. The maximum Gasteiger partial charge on any atom is 0.243 e. The summed E-state index contributed by atoms with van der Waals surface area (Å²) < 4.78 is 36.0. The minimum absolute atomic E-state index is 0.146. The Balaban J connectivity index is 1.46. The van der Waals surface area contributed by atoms with Crippen molar-refractivity contribution in [3.05, 3.63) is 42.2 Å². The first kappa shape index (κ1) is 30.2. The summed E-state index contributed by atoms with van der Waals surface area (Å²) in [6.07, 6.45) is 4.19. The second kappa shape index (κ2) is 18.2. The van der Waals surface area contributed by atoms with Crippen LogP contribution in [0.3, 0.4) is 0 Å². The van der Waals surface area contributed by atoms with E-state index in [1.807, 2.05) is 6.07 Å². The van der Waals surface area contributed by atoms with Gasteiger partial charge in [-0.3, -0.25) is 4.79 Å². The van der Waals surface area contributed by atoms with Crippen LogP contribution in [0.25, 0.3) is 0 Å². The van der Waals surface area contributed by atoms with Crippen LogP contribution in [0.1, 0.15) is 18.4 Å². The summed E-state index contributed by atoms with van der Waals surface area (Å²) in [5, 5.41) is 6.10. The van der Waals surface area contributed by atoms with Gasteiger partial charge in [-0.15, -0.1) is 0 Å². The van der Waals surface area contributed by atoms with Crippen molar-refractivity contribution in [3.63, 3.8) is 0 Å². The largest absolute Gasteiger partial charge is 0.497 e. The maximum atomic E-state index is 14.3. The van der Waals surface area contributed by atoms with Crippen LogP contribution in [0.4, 0.5) is 4.39 Å². The molecule has 1 heterocycles. The molecule has 0 saturated carbocycles. The smallest absolute Gasteiger partial charge is 0.243 e. The number of hydrogen-bond donors (Lipinski definition) is 2. The molecular weight excluding hydrogens is 465 g/mol. The summed E-state index contributed by atoms with van der Waals surface area (Å²) in [7, 11) is 3.77. The Bertz CT molecular complexity index is 767. The molecule has 0 unspecified atom stereocenters. The molecule has 0 bridgehead atoms. The second-order valence-electron chi connectivity index (χ2n) is 9.22. The zero-order valence-corrected chi connectivity index (χ0v) is 21.9. The van der Waals surface area contributed by atoms with E-state index in [0.29, 0.717) is 63.8 Å². The molecule has 9 heteroatoms. The molecule has 1 fully saturated rings. The van der Waals surface area contributed by atoms with Crippen LogP contribution in [-0.4, -0.2) is 97.3 Å². The lowest BCUT2D eigenvalue weighted by Crippen LogP contribution is -2.39. The molecule has 1 amide bonds. The van der Waals surface area contributed by atoms with Crippen LogP contribution >= 0.6 is 0 Å². The average molecular weight is 510 g/mol. The van der Waals surface area contributed by atoms with Gasteiger partial charge in [-0.25, -0.2) is 4.39 Å². The van der Waals surface area contributed by atoms with Gasteiger partial charge in [0.1, 0.15) is 11.6 Å². The fourth-order valence-corrected chi connectivity index (χ4v) is 4.52. The van der Waals surface area contributed by atoms with Gasteiger partial charge in [0.2, 0.25) is 5.91 Å². The van der Waals surface area contributed by atoms with E-state index in [2.05, 4.69) is 29.2 Å². The molecule has 2 atom stereocenters. The fourth-order valence-electron chi connectivity index (χ4n) is 4.52. The molecule has 204 valence electrons. The van der Waals surface area contributed by atoms with Crippen LogP contribution in [0.2, 0.25) is 0 Å². The predicted octanol–water partition coefficient (Wildman–Crippen LogP) is 2.28. The van der Waals surface area contributed by atoms with Gasteiger partial charge in [0.15, 0.2) is 0 Å². The molecule has 1 aliphatic heterocycles. The van der Waals surface area contributed by atoms with Gasteiger partial charge in [-0.1, -0.05) is 6.58 Å². The van der Waals surface area contributed by atoms with Crippen molar-refractivity contribution in [1.82, 2.24) is 15.5 Å². The molecule has 2 rings (SSSR count). The normalized spacial score (nSPS) is 18.2. The molecule has 0 spiro atoms. The number of likely N-dealkylation sites (tertiary alicyclic amines) is 1. The third-order valence-electron chi connectivity index (χ3n) is 6.20. The molecule has 1 aliphatic rings. The van der Waals surface area contributed by atoms with E-state index < -0.39 is 0 Å². The highest BCUT2D eigenvalue weighted by molar-refractivity contribution is 5.86. The summed E-state index contributed by atoms with van der Waals surface area (Å²) in [5.41, 5.74) is 0.745. The number of benzene rings is 1. The SMILES string of the molecule is C=CC(=O)NCCOCCOCCOCCNCC[C@@H]1C[C@H](Cc2cc(OC)ccc2F)CN(C)C1. The number of ether oxygens (including phenoxy) is 4. The fraction of sp³-hybridized carbons (Fsp3) is 0.667. The Labute approximate surface area is 215 Å². The Hall–Kier alpha value is -2.04. The lowest BCUT2D eigenvalue weighted by Gasteiger charge is -2.36. The third-order valence-corrected chi connectivity index (χ3v) is 6.20. The number of carbonyl (C=O) groups is 1. The minimum Gasteiger partial charge on any atom is -0.497 e. The van der Waals surface area contributed by atoms with Gasteiger partial charge in [0, 0.05) is 26.2 Å². The van der Waals surface area contributed by atoms with Crippen molar-refractivity contribution in [1.29, 1.82) is 0 Å². The van der Waals surface area contributed by atoms with Gasteiger partial charge in [0.05, 0.1) is 46.8 Å². The first-order chi connectivity index (χ1) is 17.5.